The van der Waals surface area contributed by atoms with E-state index >= 15 is 0 Å². The molecule has 6 nitrogen and oxygen atoms in total. The molecular weight excluding hydrogens is 268 g/mol. The van der Waals surface area contributed by atoms with Crippen LogP contribution in [0.25, 0.3) is 10.8 Å². The number of fused-ring (bicyclic) bond motifs is 1. The Labute approximate surface area is 119 Å². The first-order valence-corrected chi connectivity index (χ1v) is 6.40. The van der Waals surface area contributed by atoms with Crippen molar-refractivity contribution in [3.05, 3.63) is 64.8 Å². The van der Waals surface area contributed by atoms with E-state index in [1.54, 1.807) is 42.7 Å². The van der Waals surface area contributed by atoms with Gasteiger partial charge in [0.2, 0.25) is 5.91 Å². The number of amides is 1. The second-order valence-electron chi connectivity index (χ2n) is 4.51. The van der Waals surface area contributed by atoms with Crippen LogP contribution in [0.15, 0.2) is 53.6 Å². The van der Waals surface area contributed by atoms with E-state index in [9.17, 15) is 9.59 Å². The van der Waals surface area contributed by atoms with Crippen molar-refractivity contribution in [1.82, 2.24) is 15.2 Å². The molecule has 0 fully saturated rings. The van der Waals surface area contributed by atoms with Gasteiger partial charge in [-0.2, -0.15) is 5.10 Å². The summed E-state index contributed by atoms with van der Waals surface area (Å²) >= 11 is 0. The molecule has 2 N–H and O–H groups in total. The van der Waals surface area contributed by atoms with Crippen LogP contribution in [0.3, 0.4) is 0 Å². The lowest BCUT2D eigenvalue weighted by atomic mass is 10.1. The fourth-order valence-electron chi connectivity index (χ4n) is 2.10. The summed E-state index contributed by atoms with van der Waals surface area (Å²) in [6.45, 7) is 0. The predicted molar refractivity (Wildman–Crippen MR) is 78.9 cm³/mol. The number of benzene rings is 1. The molecule has 0 saturated carbocycles. The molecule has 2 heterocycles. The average molecular weight is 280 g/mol. The lowest BCUT2D eigenvalue weighted by Gasteiger charge is -2.06. The normalized spacial score (nSPS) is 10.5. The molecule has 1 aromatic carbocycles. The molecule has 3 aromatic rings. The van der Waals surface area contributed by atoms with Crippen LogP contribution in [-0.2, 0) is 11.2 Å². The molecule has 1 amide bonds. The average Bonchev–Trinajstić information content (AvgIpc) is 2.51. The Bertz CT molecular complexity index is 843. The van der Waals surface area contributed by atoms with Crippen molar-refractivity contribution in [2.45, 2.75) is 6.42 Å². The molecule has 6 heteroatoms. The molecule has 0 atom stereocenters. The van der Waals surface area contributed by atoms with Gasteiger partial charge < -0.3 is 5.32 Å². The number of carbonyl (C=O) groups is 1. The fraction of sp³-hybridized carbons (Fsp3) is 0.0667. The third-order valence-corrected chi connectivity index (χ3v) is 3.05. The van der Waals surface area contributed by atoms with Gasteiger partial charge in [-0.1, -0.05) is 18.2 Å². The van der Waals surface area contributed by atoms with E-state index in [0.717, 1.165) is 0 Å². The summed E-state index contributed by atoms with van der Waals surface area (Å²) in [5, 5.41) is 10.3. The minimum absolute atomic E-state index is 0.0756. The zero-order chi connectivity index (χ0) is 14.7. The number of anilines is 1. The standard InChI is InChI=1S/C15H12N4O2/c20-14(17-10-4-3-7-16-9-10)8-13-11-5-1-2-6-12(11)15(21)19-18-13/h1-7,9H,8H2,(H,17,20)(H,19,21). The largest absolute Gasteiger partial charge is 0.324 e. The molecule has 0 aliphatic carbocycles. The summed E-state index contributed by atoms with van der Waals surface area (Å²) in [4.78, 5) is 27.6. The number of H-pyrrole nitrogens is 1. The predicted octanol–water partition coefficient (Wildman–Crippen LogP) is 1.50. The summed E-state index contributed by atoms with van der Waals surface area (Å²) < 4.78 is 0. The molecule has 0 aliphatic rings. The van der Waals surface area contributed by atoms with Gasteiger partial charge in [0.25, 0.3) is 5.56 Å². The van der Waals surface area contributed by atoms with Crippen LogP contribution in [0.1, 0.15) is 5.69 Å². The topological polar surface area (TPSA) is 87.7 Å². The second kappa shape index (κ2) is 5.54. The quantitative estimate of drug-likeness (QED) is 0.761. The minimum atomic E-state index is -0.262. The maximum Gasteiger partial charge on any atom is 0.272 e. The Morgan fingerprint density at radius 1 is 1.14 bits per heavy atom. The highest BCUT2D eigenvalue weighted by molar-refractivity contribution is 5.95. The highest BCUT2D eigenvalue weighted by Crippen LogP contribution is 2.13. The van der Waals surface area contributed by atoms with Crippen LogP contribution in [0.5, 0.6) is 0 Å². The molecule has 2 aromatic heterocycles. The summed E-state index contributed by atoms with van der Waals surface area (Å²) in [6, 6.07) is 10.6. The Kier molecular flexibility index (Phi) is 3.42. The Hall–Kier alpha value is -3.02. The number of aromatic amines is 1. The monoisotopic (exact) mass is 280 g/mol. The third kappa shape index (κ3) is 2.79. The Balaban J connectivity index is 1.87. The first-order chi connectivity index (χ1) is 10.2. The van der Waals surface area contributed by atoms with Gasteiger partial charge in [0.05, 0.1) is 29.4 Å². The van der Waals surface area contributed by atoms with Crippen LogP contribution in [0.4, 0.5) is 5.69 Å². The van der Waals surface area contributed by atoms with Crippen LogP contribution < -0.4 is 10.9 Å². The lowest BCUT2D eigenvalue weighted by Crippen LogP contribution is -2.18. The van der Waals surface area contributed by atoms with Crippen molar-refractivity contribution in [3.8, 4) is 0 Å². The highest BCUT2D eigenvalue weighted by Gasteiger charge is 2.10. The number of carbonyl (C=O) groups excluding carboxylic acids is 1. The lowest BCUT2D eigenvalue weighted by molar-refractivity contribution is -0.115. The maximum atomic E-state index is 12.0. The van der Waals surface area contributed by atoms with E-state index in [1.807, 2.05) is 6.07 Å². The summed E-state index contributed by atoms with van der Waals surface area (Å²) in [7, 11) is 0. The molecular formula is C15H12N4O2. The van der Waals surface area contributed by atoms with Crippen LogP contribution >= 0.6 is 0 Å². The van der Waals surface area contributed by atoms with Crippen LogP contribution in [-0.4, -0.2) is 21.1 Å². The van der Waals surface area contributed by atoms with Crippen molar-refractivity contribution in [2.24, 2.45) is 0 Å². The van der Waals surface area contributed by atoms with Crippen LogP contribution in [0.2, 0.25) is 0 Å². The molecule has 0 bridgehead atoms. The molecule has 104 valence electrons. The van der Waals surface area contributed by atoms with Crippen LogP contribution in [0, 0.1) is 0 Å². The first-order valence-electron chi connectivity index (χ1n) is 6.40. The van der Waals surface area contributed by atoms with Crippen molar-refractivity contribution < 1.29 is 4.79 Å². The van der Waals surface area contributed by atoms with Gasteiger partial charge in [0, 0.05) is 11.6 Å². The molecule has 0 unspecified atom stereocenters. The first kappa shape index (κ1) is 13.0. The molecule has 21 heavy (non-hydrogen) atoms. The second-order valence-corrected chi connectivity index (χ2v) is 4.51. The number of rotatable bonds is 3. The summed E-state index contributed by atoms with van der Waals surface area (Å²) in [5.74, 6) is -0.215. The van der Waals surface area contributed by atoms with E-state index < -0.39 is 0 Å². The number of aromatic nitrogens is 3. The van der Waals surface area contributed by atoms with Gasteiger partial charge in [0.15, 0.2) is 0 Å². The minimum Gasteiger partial charge on any atom is -0.324 e. The van der Waals surface area contributed by atoms with E-state index in [-0.39, 0.29) is 17.9 Å². The van der Waals surface area contributed by atoms with Gasteiger partial charge in [-0.25, -0.2) is 5.10 Å². The van der Waals surface area contributed by atoms with Gasteiger partial charge in [-0.05, 0) is 18.2 Å². The number of hydrogen-bond acceptors (Lipinski definition) is 4. The number of hydrogen-bond donors (Lipinski definition) is 2. The maximum absolute atomic E-state index is 12.0. The molecule has 0 radical (unpaired) electrons. The number of nitrogens with one attached hydrogen (secondary N) is 2. The summed E-state index contributed by atoms with van der Waals surface area (Å²) in [6.07, 6.45) is 3.27. The van der Waals surface area contributed by atoms with Crippen molar-refractivity contribution in [2.75, 3.05) is 5.32 Å². The van der Waals surface area contributed by atoms with Gasteiger partial charge in [0.1, 0.15) is 0 Å². The van der Waals surface area contributed by atoms with Crippen molar-refractivity contribution in [3.63, 3.8) is 0 Å². The van der Waals surface area contributed by atoms with Crippen molar-refractivity contribution >= 4 is 22.4 Å². The smallest absolute Gasteiger partial charge is 0.272 e. The van der Waals surface area contributed by atoms with Crippen molar-refractivity contribution in [1.29, 1.82) is 0 Å². The Morgan fingerprint density at radius 2 is 1.95 bits per heavy atom. The van der Waals surface area contributed by atoms with E-state index in [0.29, 0.717) is 22.2 Å². The summed E-state index contributed by atoms with van der Waals surface area (Å²) in [5.41, 5.74) is 0.893. The fourth-order valence-corrected chi connectivity index (χ4v) is 2.10. The van der Waals surface area contributed by atoms with Gasteiger partial charge in [-0.15, -0.1) is 0 Å². The molecule has 3 rings (SSSR count). The molecule has 0 saturated heterocycles. The number of pyridine rings is 1. The SMILES string of the molecule is O=C(Cc1n[nH]c(=O)c2ccccc12)Nc1cccnc1. The highest BCUT2D eigenvalue weighted by atomic mass is 16.1. The van der Waals surface area contributed by atoms with Gasteiger partial charge >= 0.3 is 0 Å². The van der Waals surface area contributed by atoms with E-state index in [2.05, 4.69) is 20.5 Å². The molecule has 0 aliphatic heterocycles. The molecule has 0 spiro atoms. The van der Waals surface area contributed by atoms with Gasteiger partial charge in [-0.3, -0.25) is 14.6 Å². The Morgan fingerprint density at radius 3 is 2.71 bits per heavy atom. The zero-order valence-electron chi connectivity index (χ0n) is 11.0. The van der Waals surface area contributed by atoms with E-state index in [1.165, 1.54) is 0 Å². The third-order valence-electron chi connectivity index (χ3n) is 3.05. The van der Waals surface area contributed by atoms with E-state index in [4.69, 9.17) is 0 Å². The zero-order valence-corrected chi connectivity index (χ0v) is 11.0. The number of nitrogens with zero attached hydrogens (tertiary/aromatic N) is 2.